The molecule has 2 heterocycles. The number of hydrogen-bond acceptors (Lipinski definition) is 3. The van der Waals surface area contributed by atoms with Crippen molar-refractivity contribution in [1.29, 1.82) is 0 Å². The van der Waals surface area contributed by atoms with Crippen LogP contribution in [-0.4, -0.2) is 28.7 Å². The van der Waals surface area contributed by atoms with Crippen LogP contribution in [0, 0.1) is 5.92 Å². The lowest BCUT2D eigenvalue weighted by atomic mass is 9.98. The average Bonchev–Trinajstić information content (AvgIpc) is 2.41. The maximum atomic E-state index is 6.37. The third-order valence-electron chi connectivity index (χ3n) is 3.72. The summed E-state index contributed by atoms with van der Waals surface area (Å²) in [5, 5.41) is 10.9. The Kier molecular flexibility index (Phi) is 3.08. The third kappa shape index (κ3) is 2.03. The Hall–Kier alpha value is -1.35. The van der Waals surface area contributed by atoms with E-state index in [4.69, 9.17) is 11.6 Å². The summed E-state index contributed by atoms with van der Waals surface area (Å²) in [6.07, 6.45) is 2.92. The van der Waals surface area contributed by atoms with Gasteiger partial charge in [0, 0.05) is 23.9 Å². The van der Waals surface area contributed by atoms with Gasteiger partial charge in [0.15, 0.2) is 5.82 Å². The van der Waals surface area contributed by atoms with Crippen molar-refractivity contribution in [3.05, 3.63) is 30.5 Å². The zero-order chi connectivity index (χ0) is 12.5. The highest BCUT2D eigenvalue weighted by Gasteiger charge is 2.26. The fourth-order valence-electron chi connectivity index (χ4n) is 2.46. The molecular formula is C14H16ClN3. The molecule has 2 unspecified atom stereocenters. The number of aromatic nitrogens is 2. The zero-order valence-corrected chi connectivity index (χ0v) is 11.1. The molecule has 0 N–H and O–H groups in total. The van der Waals surface area contributed by atoms with Gasteiger partial charge in [-0.05, 0) is 12.3 Å². The molecule has 3 nitrogen and oxygen atoms in total. The van der Waals surface area contributed by atoms with Crippen LogP contribution in [0.1, 0.15) is 13.3 Å². The van der Waals surface area contributed by atoms with Crippen molar-refractivity contribution < 1.29 is 0 Å². The van der Waals surface area contributed by atoms with E-state index in [1.807, 2.05) is 18.3 Å². The first-order valence-corrected chi connectivity index (χ1v) is 6.79. The fourth-order valence-corrected chi connectivity index (χ4v) is 2.75. The quantitative estimate of drug-likeness (QED) is 0.739. The lowest BCUT2D eigenvalue weighted by molar-refractivity contribution is 0.444. The number of halogens is 1. The van der Waals surface area contributed by atoms with E-state index in [9.17, 15) is 0 Å². The van der Waals surface area contributed by atoms with Gasteiger partial charge in [-0.1, -0.05) is 31.2 Å². The molecule has 94 valence electrons. The normalized spacial score (nSPS) is 24.4. The van der Waals surface area contributed by atoms with E-state index in [0.717, 1.165) is 36.1 Å². The van der Waals surface area contributed by atoms with Gasteiger partial charge >= 0.3 is 0 Å². The SMILES string of the molecule is CC1CCN(c2nncc3ccccc23)CC1Cl. The van der Waals surface area contributed by atoms with E-state index in [0.29, 0.717) is 5.92 Å². The van der Waals surface area contributed by atoms with Crippen LogP contribution in [0.25, 0.3) is 10.8 Å². The Bertz CT molecular complexity index is 552. The van der Waals surface area contributed by atoms with Gasteiger partial charge in [0.05, 0.1) is 11.6 Å². The van der Waals surface area contributed by atoms with Crippen LogP contribution in [0.5, 0.6) is 0 Å². The number of rotatable bonds is 1. The van der Waals surface area contributed by atoms with Gasteiger partial charge in [-0.2, -0.15) is 5.10 Å². The van der Waals surface area contributed by atoms with Crippen LogP contribution in [0.3, 0.4) is 0 Å². The summed E-state index contributed by atoms with van der Waals surface area (Å²) in [5.74, 6) is 1.54. The molecule has 18 heavy (non-hydrogen) atoms. The highest BCUT2D eigenvalue weighted by molar-refractivity contribution is 6.21. The molecule has 1 aromatic heterocycles. The maximum Gasteiger partial charge on any atom is 0.159 e. The van der Waals surface area contributed by atoms with E-state index in [-0.39, 0.29) is 5.38 Å². The van der Waals surface area contributed by atoms with E-state index in [2.05, 4.69) is 34.2 Å². The first-order chi connectivity index (χ1) is 8.75. The van der Waals surface area contributed by atoms with Crippen molar-refractivity contribution in [1.82, 2.24) is 10.2 Å². The highest BCUT2D eigenvalue weighted by Crippen LogP contribution is 2.29. The molecule has 1 aliphatic heterocycles. The van der Waals surface area contributed by atoms with Gasteiger partial charge < -0.3 is 4.90 Å². The molecule has 2 aromatic rings. The topological polar surface area (TPSA) is 29.0 Å². The van der Waals surface area contributed by atoms with Gasteiger partial charge in [-0.15, -0.1) is 16.7 Å². The summed E-state index contributed by atoms with van der Waals surface area (Å²) >= 11 is 6.37. The molecule has 0 radical (unpaired) electrons. The van der Waals surface area contributed by atoms with Crippen molar-refractivity contribution >= 4 is 28.2 Å². The molecule has 3 rings (SSSR count). The molecule has 0 amide bonds. The van der Waals surface area contributed by atoms with Crippen molar-refractivity contribution in [2.24, 2.45) is 5.92 Å². The minimum Gasteiger partial charge on any atom is -0.353 e. The van der Waals surface area contributed by atoms with Crippen molar-refractivity contribution in [3.8, 4) is 0 Å². The number of fused-ring (bicyclic) bond motifs is 1. The molecule has 0 saturated carbocycles. The Morgan fingerprint density at radius 3 is 3.00 bits per heavy atom. The highest BCUT2D eigenvalue weighted by atomic mass is 35.5. The van der Waals surface area contributed by atoms with Crippen LogP contribution in [-0.2, 0) is 0 Å². The lowest BCUT2D eigenvalue weighted by Crippen LogP contribution is -2.41. The van der Waals surface area contributed by atoms with E-state index < -0.39 is 0 Å². The lowest BCUT2D eigenvalue weighted by Gasteiger charge is -2.34. The van der Waals surface area contributed by atoms with Gasteiger partial charge in [0.2, 0.25) is 0 Å². The molecule has 0 bridgehead atoms. The number of anilines is 1. The van der Waals surface area contributed by atoms with Crippen LogP contribution in [0.2, 0.25) is 0 Å². The Morgan fingerprint density at radius 1 is 1.33 bits per heavy atom. The molecule has 1 fully saturated rings. The summed E-state index contributed by atoms with van der Waals surface area (Å²) in [6.45, 7) is 4.07. The summed E-state index contributed by atoms with van der Waals surface area (Å²) < 4.78 is 0. The van der Waals surface area contributed by atoms with Gasteiger partial charge in [-0.3, -0.25) is 0 Å². The summed E-state index contributed by atoms with van der Waals surface area (Å²) in [7, 11) is 0. The number of alkyl halides is 1. The summed E-state index contributed by atoms with van der Waals surface area (Å²) in [4.78, 5) is 2.26. The van der Waals surface area contributed by atoms with Crippen LogP contribution < -0.4 is 4.90 Å². The van der Waals surface area contributed by atoms with E-state index >= 15 is 0 Å². The van der Waals surface area contributed by atoms with Crippen molar-refractivity contribution in [3.63, 3.8) is 0 Å². The molecule has 2 atom stereocenters. The Morgan fingerprint density at radius 2 is 2.17 bits per heavy atom. The maximum absolute atomic E-state index is 6.37. The Labute approximate surface area is 112 Å². The monoisotopic (exact) mass is 261 g/mol. The summed E-state index contributed by atoms with van der Waals surface area (Å²) in [5.41, 5.74) is 0. The smallest absolute Gasteiger partial charge is 0.159 e. The second-order valence-electron chi connectivity index (χ2n) is 4.98. The minimum atomic E-state index is 0.194. The second kappa shape index (κ2) is 4.73. The van der Waals surface area contributed by atoms with E-state index in [1.165, 1.54) is 0 Å². The molecular weight excluding hydrogens is 246 g/mol. The van der Waals surface area contributed by atoms with Crippen LogP contribution >= 0.6 is 11.6 Å². The molecule has 0 spiro atoms. The van der Waals surface area contributed by atoms with E-state index in [1.54, 1.807) is 0 Å². The molecule has 1 aliphatic rings. The number of hydrogen-bond donors (Lipinski definition) is 0. The van der Waals surface area contributed by atoms with Gasteiger partial charge in [0.25, 0.3) is 0 Å². The molecule has 1 aromatic carbocycles. The first kappa shape index (κ1) is 11.7. The predicted octanol–water partition coefficient (Wildman–Crippen LogP) is 3.08. The zero-order valence-electron chi connectivity index (χ0n) is 10.4. The van der Waals surface area contributed by atoms with Crippen LogP contribution in [0.4, 0.5) is 5.82 Å². The Balaban J connectivity index is 1.99. The molecule has 1 saturated heterocycles. The third-order valence-corrected chi connectivity index (χ3v) is 4.29. The fraction of sp³-hybridized carbons (Fsp3) is 0.429. The number of benzene rings is 1. The summed E-state index contributed by atoms with van der Waals surface area (Å²) in [6, 6.07) is 8.23. The van der Waals surface area contributed by atoms with Crippen molar-refractivity contribution in [2.45, 2.75) is 18.7 Å². The largest absolute Gasteiger partial charge is 0.353 e. The minimum absolute atomic E-state index is 0.194. The van der Waals surface area contributed by atoms with Crippen molar-refractivity contribution in [2.75, 3.05) is 18.0 Å². The van der Waals surface area contributed by atoms with Gasteiger partial charge in [0.1, 0.15) is 0 Å². The standard InChI is InChI=1S/C14H16ClN3/c1-10-6-7-18(9-13(10)15)14-12-5-3-2-4-11(12)8-16-17-14/h2-5,8,10,13H,6-7,9H2,1H3. The first-order valence-electron chi connectivity index (χ1n) is 6.35. The molecule has 0 aliphatic carbocycles. The average molecular weight is 262 g/mol. The molecule has 4 heteroatoms. The number of nitrogens with zero attached hydrogens (tertiary/aromatic N) is 3. The van der Waals surface area contributed by atoms with Gasteiger partial charge in [-0.25, -0.2) is 0 Å². The number of piperidine rings is 1. The predicted molar refractivity (Wildman–Crippen MR) is 75.2 cm³/mol. The second-order valence-corrected chi connectivity index (χ2v) is 5.54. The van der Waals surface area contributed by atoms with Crippen LogP contribution in [0.15, 0.2) is 30.5 Å².